The van der Waals surface area contributed by atoms with Crippen LogP contribution in [0, 0.1) is 0 Å². The molecule has 9 nitrogen and oxygen atoms in total. The molecule has 0 heterocycles. The normalized spacial score (nSPS) is 14.4. The Hall–Kier alpha value is -2.10. The highest BCUT2D eigenvalue weighted by molar-refractivity contribution is 7.47. The van der Waals surface area contributed by atoms with Crippen LogP contribution in [0.2, 0.25) is 0 Å². The van der Waals surface area contributed by atoms with E-state index in [2.05, 4.69) is 86.8 Å². The molecule has 0 radical (unpaired) electrons. The highest BCUT2D eigenvalue weighted by atomic mass is 31.2. The lowest BCUT2D eigenvalue weighted by atomic mass is 10.0. The number of carbonyl (C=O) groups is 1. The minimum atomic E-state index is -4.53. The van der Waals surface area contributed by atoms with Crippen molar-refractivity contribution in [3.63, 3.8) is 0 Å². The SMILES string of the molecule is CC/C=C\C/C=C\C/C=C\C/C=C\CCCCCCCCCOCC(COP(=O)(O)OCC(O)CO)OC(=O)CCCCCCCCCCCCC/C=C\C/C=C\CCCCCCC. The summed E-state index contributed by atoms with van der Waals surface area (Å²) in [6.07, 6.45) is 61.5. The van der Waals surface area contributed by atoms with Crippen LogP contribution >= 0.6 is 7.82 Å². The van der Waals surface area contributed by atoms with Gasteiger partial charge in [-0.15, -0.1) is 0 Å². The van der Waals surface area contributed by atoms with Crippen molar-refractivity contribution in [2.24, 2.45) is 0 Å². The maximum Gasteiger partial charge on any atom is 0.472 e. The van der Waals surface area contributed by atoms with Crippen molar-refractivity contribution in [1.29, 1.82) is 0 Å². The Morgan fingerprint density at radius 1 is 0.500 bits per heavy atom. The Balaban J connectivity index is 4.10. The summed E-state index contributed by atoms with van der Waals surface area (Å²) in [4.78, 5) is 22.7. The van der Waals surface area contributed by atoms with Crippen molar-refractivity contribution in [2.75, 3.05) is 33.0 Å². The van der Waals surface area contributed by atoms with Gasteiger partial charge in [-0.3, -0.25) is 13.8 Å². The van der Waals surface area contributed by atoms with E-state index in [-0.39, 0.29) is 25.6 Å². The number of ether oxygens (including phenoxy) is 2. The second-order valence-corrected chi connectivity index (χ2v) is 18.6. The Labute approximate surface area is 392 Å². The molecule has 0 aromatic rings. The van der Waals surface area contributed by atoms with Gasteiger partial charge in [0.1, 0.15) is 12.2 Å². The molecule has 0 aliphatic carbocycles. The molecule has 0 rings (SSSR count). The average molecular weight is 921 g/mol. The number of hydrogen-bond donors (Lipinski definition) is 3. The van der Waals surface area contributed by atoms with Crippen LogP contribution in [0.1, 0.15) is 219 Å². The lowest BCUT2D eigenvalue weighted by Crippen LogP contribution is -2.29. The second kappa shape index (κ2) is 50.3. The van der Waals surface area contributed by atoms with Crippen molar-refractivity contribution < 1.29 is 43.0 Å². The molecule has 3 unspecified atom stereocenters. The van der Waals surface area contributed by atoms with Crippen LogP contribution in [-0.2, 0) is 27.9 Å². The Morgan fingerprint density at radius 3 is 1.34 bits per heavy atom. The smallest absolute Gasteiger partial charge is 0.457 e. The predicted molar refractivity (Wildman–Crippen MR) is 269 cm³/mol. The molecule has 64 heavy (non-hydrogen) atoms. The van der Waals surface area contributed by atoms with Crippen LogP contribution in [0.4, 0.5) is 0 Å². The number of hydrogen-bond acceptors (Lipinski definition) is 8. The van der Waals surface area contributed by atoms with Crippen LogP contribution in [0.3, 0.4) is 0 Å². The van der Waals surface area contributed by atoms with E-state index in [0.29, 0.717) is 6.61 Å². The van der Waals surface area contributed by atoms with E-state index in [1.807, 2.05) is 0 Å². The highest BCUT2D eigenvalue weighted by Gasteiger charge is 2.26. The third-order valence-corrected chi connectivity index (χ3v) is 11.8. The summed E-state index contributed by atoms with van der Waals surface area (Å²) in [7, 11) is -4.53. The van der Waals surface area contributed by atoms with Gasteiger partial charge in [-0.1, -0.05) is 202 Å². The topological polar surface area (TPSA) is 132 Å². The van der Waals surface area contributed by atoms with Crippen molar-refractivity contribution >= 4 is 13.8 Å². The number of rotatable bonds is 49. The van der Waals surface area contributed by atoms with E-state index >= 15 is 0 Å². The summed E-state index contributed by atoms with van der Waals surface area (Å²) < 4.78 is 33.5. The standard InChI is InChI=1S/C54H97O9P/c1-3-5-7-9-11-13-15-17-19-21-23-25-26-27-28-30-32-34-36-38-40-42-44-46-54(57)63-53(51-62-64(58,59)61-49-52(56)48-55)50-60-47-45-43-41-39-37-35-33-31-29-24-22-20-18-16-14-12-10-8-6-4-2/h6,8,12,14-15,17-18,20-21,23-24,29,52-53,55-56H,3-5,7,9-11,13,16,19,22,25-28,30-51H2,1-2H3,(H,58,59)/b8-6-,14-12-,17-15-,20-18-,23-21-,29-24-. The van der Waals surface area contributed by atoms with Gasteiger partial charge in [0.2, 0.25) is 0 Å². The first-order valence-electron chi connectivity index (χ1n) is 25.9. The van der Waals surface area contributed by atoms with Gasteiger partial charge in [0.25, 0.3) is 0 Å². The van der Waals surface area contributed by atoms with E-state index in [4.69, 9.17) is 23.6 Å². The molecule has 0 saturated carbocycles. The van der Waals surface area contributed by atoms with Crippen LogP contribution in [0.15, 0.2) is 72.9 Å². The quantitative estimate of drug-likeness (QED) is 0.0236. The molecule has 3 atom stereocenters. The zero-order valence-corrected chi connectivity index (χ0v) is 41.9. The number of aliphatic hydroxyl groups excluding tert-OH is 2. The Kier molecular flexibility index (Phi) is 48.7. The first-order valence-corrected chi connectivity index (χ1v) is 27.4. The molecule has 372 valence electrons. The summed E-state index contributed by atoms with van der Waals surface area (Å²) in [5.74, 6) is -0.389. The monoisotopic (exact) mass is 921 g/mol. The molecule has 0 amide bonds. The number of carbonyl (C=O) groups excluding carboxylic acids is 1. The molecular formula is C54H97O9P. The van der Waals surface area contributed by atoms with E-state index < -0.39 is 33.2 Å². The fourth-order valence-electron chi connectivity index (χ4n) is 6.97. The van der Waals surface area contributed by atoms with Crippen molar-refractivity contribution in [1.82, 2.24) is 0 Å². The number of phosphoric acid groups is 1. The van der Waals surface area contributed by atoms with Gasteiger partial charge in [0.15, 0.2) is 0 Å². The molecule has 0 bridgehead atoms. The third kappa shape index (κ3) is 49.3. The molecule has 0 aliphatic rings. The first-order chi connectivity index (χ1) is 31.3. The minimum Gasteiger partial charge on any atom is -0.457 e. The fraction of sp³-hybridized carbons (Fsp3) is 0.759. The van der Waals surface area contributed by atoms with Crippen molar-refractivity contribution in [3.8, 4) is 0 Å². The summed E-state index contributed by atoms with van der Waals surface area (Å²) in [6.45, 7) is 3.38. The van der Waals surface area contributed by atoms with Crippen LogP contribution in [0.25, 0.3) is 0 Å². The molecule has 0 aromatic heterocycles. The predicted octanol–water partition coefficient (Wildman–Crippen LogP) is 15.3. The number of phosphoric ester groups is 1. The maximum atomic E-state index is 12.7. The molecule has 0 aliphatic heterocycles. The molecule has 10 heteroatoms. The number of allylic oxidation sites excluding steroid dienone is 12. The molecule has 0 saturated heterocycles. The van der Waals surface area contributed by atoms with Gasteiger partial charge in [-0.05, 0) is 83.5 Å². The van der Waals surface area contributed by atoms with E-state index in [0.717, 1.165) is 77.0 Å². The number of unbranched alkanes of at least 4 members (excludes halogenated alkanes) is 23. The Morgan fingerprint density at radius 2 is 0.891 bits per heavy atom. The lowest BCUT2D eigenvalue weighted by Gasteiger charge is -2.20. The molecule has 0 fully saturated rings. The van der Waals surface area contributed by atoms with E-state index in [1.54, 1.807) is 0 Å². The Bertz CT molecular complexity index is 1230. The van der Waals surface area contributed by atoms with Crippen LogP contribution in [0.5, 0.6) is 0 Å². The van der Waals surface area contributed by atoms with Crippen LogP contribution < -0.4 is 0 Å². The lowest BCUT2D eigenvalue weighted by molar-refractivity contribution is -0.154. The first kappa shape index (κ1) is 61.9. The molecule has 3 N–H and O–H groups in total. The zero-order valence-electron chi connectivity index (χ0n) is 41.0. The fourth-order valence-corrected chi connectivity index (χ4v) is 7.76. The second-order valence-electron chi connectivity index (χ2n) is 17.2. The van der Waals surface area contributed by atoms with Crippen molar-refractivity contribution in [2.45, 2.75) is 232 Å². The summed E-state index contributed by atoms with van der Waals surface area (Å²) in [6, 6.07) is 0. The van der Waals surface area contributed by atoms with Gasteiger partial charge in [0, 0.05) is 13.0 Å². The van der Waals surface area contributed by atoms with E-state index in [9.17, 15) is 19.4 Å². The van der Waals surface area contributed by atoms with E-state index in [1.165, 1.54) is 122 Å². The maximum absolute atomic E-state index is 12.7. The largest absolute Gasteiger partial charge is 0.472 e. The average Bonchev–Trinajstić information content (AvgIpc) is 3.29. The molecule has 0 spiro atoms. The van der Waals surface area contributed by atoms with Gasteiger partial charge in [-0.2, -0.15) is 0 Å². The summed E-state index contributed by atoms with van der Waals surface area (Å²) >= 11 is 0. The van der Waals surface area contributed by atoms with Crippen LogP contribution in [-0.4, -0.2) is 66.3 Å². The summed E-state index contributed by atoms with van der Waals surface area (Å²) in [5, 5.41) is 18.4. The van der Waals surface area contributed by atoms with Gasteiger partial charge >= 0.3 is 13.8 Å². The zero-order chi connectivity index (χ0) is 46.7. The van der Waals surface area contributed by atoms with Gasteiger partial charge in [0.05, 0.1) is 26.4 Å². The minimum absolute atomic E-state index is 0.0383. The molecule has 0 aromatic carbocycles. The molecular weight excluding hydrogens is 824 g/mol. The number of aliphatic hydroxyl groups is 2. The van der Waals surface area contributed by atoms with Gasteiger partial charge in [-0.25, -0.2) is 4.57 Å². The van der Waals surface area contributed by atoms with Gasteiger partial charge < -0.3 is 24.6 Å². The number of esters is 1. The third-order valence-electron chi connectivity index (χ3n) is 10.9. The highest BCUT2D eigenvalue weighted by Crippen LogP contribution is 2.43. The summed E-state index contributed by atoms with van der Waals surface area (Å²) in [5.41, 5.74) is 0. The van der Waals surface area contributed by atoms with Crippen molar-refractivity contribution in [3.05, 3.63) is 72.9 Å².